The van der Waals surface area contributed by atoms with Crippen LogP contribution >= 0.6 is 12.4 Å². The summed E-state index contributed by atoms with van der Waals surface area (Å²) >= 11 is 0. The fraction of sp³-hybridized carbons (Fsp3) is 0.280. The van der Waals surface area contributed by atoms with Crippen molar-refractivity contribution < 1.29 is 4.74 Å². The molecular weight excluding hydrogens is 366 g/mol. The molecule has 0 saturated heterocycles. The van der Waals surface area contributed by atoms with Crippen LogP contribution in [0.1, 0.15) is 17.5 Å². The van der Waals surface area contributed by atoms with Gasteiger partial charge in [0.1, 0.15) is 5.75 Å². The van der Waals surface area contributed by atoms with Crippen molar-refractivity contribution in [3.8, 4) is 16.9 Å². The van der Waals surface area contributed by atoms with Crippen molar-refractivity contribution >= 4 is 12.4 Å². The van der Waals surface area contributed by atoms with Gasteiger partial charge in [0.15, 0.2) is 0 Å². The number of benzene rings is 3. The summed E-state index contributed by atoms with van der Waals surface area (Å²) in [5.41, 5.74) is 5.08. The largest absolute Gasteiger partial charge is 0.493 e. The fourth-order valence-electron chi connectivity index (χ4n) is 3.19. The van der Waals surface area contributed by atoms with E-state index in [0.717, 1.165) is 38.2 Å². The van der Waals surface area contributed by atoms with Gasteiger partial charge in [0, 0.05) is 6.54 Å². The molecule has 3 aromatic rings. The summed E-state index contributed by atoms with van der Waals surface area (Å²) in [6, 6.07) is 27.8. The van der Waals surface area contributed by atoms with Crippen molar-refractivity contribution in [3.05, 3.63) is 90.0 Å². The van der Waals surface area contributed by atoms with E-state index in [1.807, 2.05) is 0 Å². The van der Waals surface area contributed by atoms with Crippen LogP contribution in [-0.2, 0) is 12.8 Å². The second-order valence-electron chi connectivity index (χ2n) is 7.18. The number of nitrogens with zero attached hydrogens (tertiary/aromatic N) is 1. The van der Waals surface area contributed by atoms with Gasteiger partial charge in [0.05, 0.1) is 6.61 Å². The predicted octanol–water partition coefficient (Wildman–Crippen LogP) is 5.89. The van der Waals surface area contributed by atoms with Gasteiger partial charge in [0.25, 0.3) is 0 Å². The number of aryl methyl sites for hydroxylation is 2. The molecule has 0 aliphatic carbocycles. The highest BCUT2D eigenvalue weighted by Crippen LogP contribution is 2.28. The number of hydrogen-bond donors (Lipinski definition) is 0. The van der Waals surface area contributed by atoms with Crippen molar-refractivity contribution in [2.45, 2.75) is 19.3 Å². The van der Waals surface area contributed by atoms with Gasteiger partial charge < -0.3 is 9.64 Å². The third-order valence-corrected chi connectivity index (χ3v) is 4.71. The Morgan fingerprint density at radius 3 is 2.11 bits per heavy atom. The molecule has 0 aliphatic rings. The molecule has 0 amide bonds. The highest BCUT2D eigenvalue weighted by molar-refractivity contribution is 5.85. The Hall–Kier alpha value is -2.29. The summed E-state index contributed by atoms with van der Waals surface area (Å²) in [4.78, 5) is 2.19. The second kappa shape index (κ2) is 11.5. The lowest BCUT2D eigenvalue weighted by molar-refractivity contribution is 0.279. The lowest BCUT2D eigenvalue weighted by Gasteiger charge is -2.15. The first-order chi connectivity index (χ1) is 13.2. The highest BCUT2D eigenvalue weighted by atomic mass is 35.5. The fourth-order valence-corrected chi connectivity index (χ4v) is 3.19. The molecule has 0 saturated carbocycles. The molecule has 28 heavy (non-hydrogen) atoms. The number of hydrogen-bond acceptors (Lipinski definition) is 2. The SMILES string of the molecule is CN(C)CCCOc1cc(-c2ccccc2)ccc1CCc1ccccc1.Cl. The highest BCUT2D eigenvalue weighted by Gasteiger charge is 2.08. The molecule has 0 aliphatic heterocycles. The molecule has 0 aromatic heterocycles. The number of halogens is 1. The minimum Gasteiger partial charge on any atom is -0.493 e. The molecular formula is C25H30ClNO. The molecule has 3 aromatic carbocycles. The van der Waals surface area contributed by atoms with Gasteiger partial charge in [0.2, 0.25) is 0 Å². The van der Waals surface area contributed by atoms with Gasteiger partial charge in [-0.05, 0) is 61.7 Å². The normalized spacial score (nSPS) is 10.5. The molecule has 148 valence electrons. The monoisotopic (exact) mass is 395 g/mol. The average Bonchev–Trinajstić information content (AvgIpc) is 2.71. The van der Waals surface area contributed by atoms with Crippen LogP contribution in [0.5, 0.6) is 5.75 Å². The van der Waals surface area contributed by atoms with Crippen molar-refractivity contribution in [2.24, 2.45) is 0 Å². The van der Waals surface area contributed by atoms with Gasteiger partial charge >= 0.3 is 0 Å². The Morgan fingerprint density at radius 1 is 0.750 bits per heavy atom. The molecule has 0 atom stereocenters. The lowest BCUT2D eigenvalue weighted by Crippen LogP contribution is -2.15. The first-order valence-electron chi connectivity index (χ1n) is 9.72. The van der Waals surface area contributed by atoms with E-state index < -0.39 is 0 Å². The molecule has 2 nitrogen and oxygen atoms in total. The van der Waals surface area contributed by atoms with Gasteiger partial charge in [-0.1, -0.05) is 72.8 Å². The molecule has 3 rings (SSSR count). The lowest BCUT2D eigenvalue weighted by atomic mass is 9.99. The molecule has 0 N–H and O–H groups in total. The topological polar surface area (TPSA) is 12.5 Å². The third kappa shape index (κ3) is 6.70. The average molecular weight is 396 g/mol. The zero-order valence-corrected chi connectivity index (χ0v) is 17.6. The van der Waals surface area contributed by atoms with Crippen molar-refractivity contribution in [1.29, 1.82) is 0 Å². The Bertz CT molecular complexity index is 818. The van der Waals surface area contributed by atoms with E-state index in [9.17, 15) is 0 Å². The van der Waals surface area contributed by atoms with Gasteiger partial charge in [-0.3, -0.25) is 0 Å². The molecule has 0 radical (unpaired) electrons. The van der Waals surface area contributed by atoms with Crippen LogP contribution in [-0.4, -0.2) is 32.1 Å². The first-order valence-corrected chi connectivity index (χ1v) is 9.72. The van der Waals surface area contributed by atoms with Crippen LogP contribution in [0.25, 0.3) is 11.1 Å². The first kappa shape index (κ1) is 22.0. The Kier molecular flexibility index (Phi) is 9.06. The molecule has 0 unspecified atom stereocenters. The van der Waals surface area contributed by atoms with E-state index >= 15 is 0 Å². The Balaban J connectivity index is 0.00000280. The van der Waals surface area contributed by atoms with Gasteiger partial charge in [-0.15, -0.1) is 12.4 Å². The summed E-state index contributed by atoms with van der Waals surface area (Å²) in [6.45, 7) is 1.78. The van der Waals surface area contributed by atoms with Crippen LogP contribution in [0.2, 0.25) is 0 Å². The summed E-state index contributed by atoms with van der Waals surface area (Å²) < 4.78 is 6.21. The summed E-state index contributed by atoms with van der Waals surface area (Å²) in [7, 11) is 4.20. The third-order valence-electron chi connectivity index (χ3n) is 4.71. The van der Waals surface area contributed by atoms with Gasteiger partial charge in [-0.25, -0.2) is 0 Å². The molecule has 0 heterocycles. The Morgan fingerprint density at radius 2 is 1.43 bits per heavy atom. The zero-order valence-electron chi connectivity index (χ0n) is 16.8. The van der Waals surface area contributed by atoms with Crippen LogP contribution in [0.3, 0.4) is 0 Å². The smallest absolute Gasteiger partial charge is 0.123 e. The standard InChI is InChI=1S/C25H29NO.ClH/c1-26(2)18-9-19-27-25-20-24(22-12-7-4-8-13-22)17-16-23(25)15-14-21-10-5-3-6-11-21;/h3-8,10-13,16-17,20H,9,14-15,18-19H2,1-2H3;1H. The maximum absolute atomic E-state index is 6.21. The zero-order chi connectivity index (χ0) is 18.9. The summed E-state index contributed by atoms with van der Waals surface area (Å²) in [5, 5.41) is 0. The number of ether oxygens (including phenoxy) is 1. The van der Waals surface area contributed by atoms with Crippen molar-refractivity contribution in [3.63, 3.8) is 0 Å². The predicted molar refractivity (Wildman–Crippen MR) is 122 cm³/mol. The van der Waals surface area contributed by atoms with E-state index in [4.69, 9.17) is 4.74 Å². The van der Waals surface area contributed by atoms with E-state index in [0.29, 0.717) is 0 Å². The number of rotatable bonds is 9. The maximum atomic E-state index is 6.21. The second-order valence-corrected chi connectivity index (χ2v) is 7.18. The van der Waals surface area contributed by atoms with Gasteiger partial charge in [-0.2, -0.15) is 0 Å². The Labute approximate surface area is 175 Å². The summed E-state index contributed by atoms with van der Waals surface area (Å²) in [6.07, 6.45) is 3.04. The van der Waals surface area contributed by atoms with Crippen molar-refractivity contribution in [1.82, 2.24) is 4.90 Å². The van der Waals surface area contributed by atoms with E-state index in [-0.39, 0.29) is 12.4 Å². The van der Waals surface area contributed by atoms with Crippen molar-refractivity contribution in [2.75, 3.05) is 27.2 Å². The summed E-state index contributed by atoms with van der Waals surface area (Å²) in [5.74, 6) is 1.02. The van der Waals surface area contributed by atoms with E-state index in [1.165, 1.54) is 22.3 Å². The van der Waals surface area contributed by atoms with Crippen LogP contribution in [0, 0.1) is 0 Å². The van der Waals surface area contributed by atoms with Crippen LogP contribution in [0.15, 0.2) is 78.9 Å². The van der Waals surface area contributed by atoms with E-state index in [2.05, 4.69) is 97.9 Å². The van der Waals surface area contributed by atoms with Crippen LogP contribution < -0.4 is 4.74 Å². The minimum absolute atomic E-state index is 0. The van der Waals surface area contributed by atoms with E-state index in [1.54, 1.807) is 0 Å². The molecule has 0 spiro atoms. The quantitative estimate of drug-likeness (QED) is 0.419. The maximum Gasteiger partial charge on any atom is 0.123 e. The minimum atomic E-state index is 0. The van der Waals surface area contributed by atoms with Crippen LogP contribution in [0.4, 0.5) is 0 Å². The molecule has 0 bridgehead atoms. The molecule has 3 heteroatoms. The molecule has 0 fully saturated rings.